The van der Waals surface area contributed by atoms with Crippen molar-refractivity contribution in [3.8, 4) is 5.75 Å². The van der Waals surface area contributed by atoms with Gasteiger partial charge in [0.25, 0.3) is 0 Å². The molecule has 5 nitrogen and oxygen atoms in total. The number of rotatable bonds is 4. The molecule has 0 radical (unpaired) electrons. The molecule has 1 heterocycles. The van der Waals surface area contributed by atoms with E-state index in [0.717, 1.165) is 18.9 Å². The summed E-state index contributed by atoms with van der Waals surface area (Å²) in [5.74, 6) is -1.20. The number of hydrogen-bond donors (Lipinski definition) is 0. The van der Waals surface area contributed by atoms with Crippen molar-refractivity contribution in [2.45, 2.75) is 17.7 Å². The van der Waals surface area contributed by atoms with Crippen molar-refractivity contribution in [1.29, 1.82) is 0 Å². The molecule has 3 rings (SSSR count). The Bertz CT molecular complexity index is 893. The van der Waals surface area contributed by atoms with Crippen LogP contribution in [0.5, 0.6) is 5.75 Å². The summed E-state index contributed by atoms with van der Waals surface area (Å²) in [7, 11) is -3.53. The summed E-state index contributed by atoms with van der Waals surface area (Å²) in [6.45, 7) is 1.02. The Hall–Kier alpha value is -1.96. The lowest BCUT2D eigenvalue weighted by Gasteiger charge is -2.15. The van der Waals surface area contributed by atoms with Crippen molar-refractivity contribution in [2.75, 3.05) is 13.1 Å². The van der Waals surface area contributed by atoms with Crippen LogP contribution >= 0.6 is 11.6 Å². The number of carbonyl (C=O) groups is 1. The Morgan fingerprint density at radius 1 is 1.08 bits per heavy atom. The second-order valence-corrected chi connectivity index (χ2v) is 7.95. The maximum absolute atomic E-state index is 13.1. The highest BCUT2D eigenvalue weighted by Gasteiger charge is 2.27. The van der Waals surface area contributed by atoms with E-state index in [0.29, 0.717) is 13.1 Å². The van der Waals surface area contributed by atoms with Gasteiger partial charge in [-0.2, -0.15) is 4.31 Å². The number of hydrogen-bond acceptors (Lipinski definition) is 4. The molecule has 0 N–H and O–H groups in total. The topological polar surface area (TPSA) is 63.7 Å². The van der Waals surface area contributed by atoms with Gasteiger partial charge in [0.1, 0.15) is 11.6 Å². The Kier molecular flexibility index (Phi) is 5.08. The van der Waals surface area contributed by atoms with Crippen LogP contribution < -0.4 is 4.74 Å². The predicted octanol–water partition coefficient (Wildman–Crippen LogP) is 3.48. The van der Waals surface area contributed by atoms with Crippen LogP contribution in [0.1, 0.15) is 23.2 Å². The van der Waals surface area contributed by atoms with Crippen molar-refractivity contribution < 1.29 is 22.3 Å². The molecule has 0 bridgehead atoms. The largest absolute Gasteiger partial charge is 0.423 e. The molecular weight excluding hydrogens is 369 g/mol. The number of benzene rings is 2. The molecule has 25 heavy (non-hydrogen) atoms. The van der Waals surface area contributed by atoms with E-state index in [9.17, 15) is 17.6 Å². The molecule has 0 spiro atoms. The summed E-state index contributed by atoms with van der Waals surface area (Å²) in [6, 6.07) is 9.10. The maximum atomic E-state index is 13.1. The van der Waals surface area contributed by atoms with E-state index >= 15 is 0 Å². The summed E-state index contributed by atoms with van der Waals surface area (Å²) in [5.41, 5.74) is 0.181. The van der Waals surface area contributed by atoms with Gasteiger partial charge in [0.15, 0.2) is 0 Å². The van der Waals surface area contributed by atoms with Crippen LogP contribution in [0.3, 0.4) is 0 Å². The molecule has 0 unspecified atom stereocenters. The van der Waals surface area contributed by atoms with Crippen molar-refractivity contribution in [3.05, 3.63) is 58.9 Å². The first-order chi connectivity index (χ1) is 11.9. The number of sulfonamides is 1. The lowest BCUT2D eigenvalue weighted by atomic mass is 10.2. The van der Waals surface area contributed by atoms with Gasteiger partial charge < -0.3 is 4.74 Å². The van der Waals surface area contributed by atoms with Crippen LogP contribution in [-0.2, 0) is 10.0 Å². The fourth-order valence-corrected chi connectivity index (χ4v) is 4.23. The lowest BCUT2D eigenvalue weighted by Crippen LogP contribution is -2.27. The van der Waals surface area contributed by atoms with Gasteiger partial charge in [-0.25, -0.2) is 17.6 Å². The highest BCUT2D eigenvalue weighted by atomic mass is 35.5. The highest BCUT2D eigenvalue weighted by molar-refractivity contribution is 7.89. The molecular formula is C17H15ClFNO4S. The number of esters is 1. The Balaban J connectivity index is 1.75. The van der Waals surface area contributed by atoms with Gasteiger partial charge in [0.2, 0.25) is 10.0 Å². The van der Waals surface area contributed by atoms with Gasteiger partial charge in [-0.1, -0.05) is 11.6 Å². The number of carbonyl (C=O) groups excluding carboxylic acids is 1. The Morgan fingerprint density at radius 3 is 2.32 bits per heavy atom. The van der Waals surface area contributed by atoms with E-state index in [1.807, 2.05) is 0 Å². The molecule has 1 saturated heterocycles. The minimum absolute atomic E-state index is 0.102. The SMILES string of the molecule is O=C(Oc1ccc(F)c(Cl)c1)c1ccc(S(=O)(=O)N2CCCC2)cc1. The number of nitrogens with zero attached hydrogens (tertiary/aromatic N) is 1. The van der Waals surface area contributed by atoms with E-state index in [1.54, 1.807) is 0 Å². The minimum atomic E-state index is -3.53. The van der Waals surface area contributed by atoms with Crippen LogP contribution in [0.2, 0.25) is 5.02 Å². The van der Waals surface area contributed by atoms with Crippen molar-refractivity contribution >= 4 is 27.6 Å². The van der Waals surface area contributed by atoms with Crippen LogP contribution in [0.15, 0.2) is 47.4 Å². The summed E-state index contributed by atoms with van der Waals surface area (Å²) < 4.78 is 44.5. The smallest absolute Gasteiger partial charge is 0.343 e. The first-order valence-electron chi connectivity index (χ1n) is 7.65. The van der Waals surface area contributed by atoms with E-state index < -0.39 is 21.8 Å². The van der Waals surface area contributed by atoms with E-state index in [1.165, 1.54) is 40.7 Å². The van der Waals surface area contributed by atoms with Crippen molar-refractivity contribution in [3.63, 3.8) is 0 Å². The molecule has 132 valence electrons. The summed E-state index contributed by atoms with van der Waals surface area (Å²) >= 11 is 5.64. The maximum Gasteiger partial charge on any atom is 0.343 e. The molecule has 0 atom stereocenters. The average Bonchev–Trinajstić information content (AvgIpc) is 3.14. The van der Waals surface area contributed by atoms with E-state index in [4.69, 9.17) is 16.3 Å². The number of ether oxygens (including phenoxy) is 1. The highest BCUT2D eigenvalue weighted by Crippen LogP contribution is 2.23. The Labute approximate surface area is 150 Å². The molecule has 8 heteroatoms. The molecule has 1 aliphatic heterocycles. The fraction of sp³-hybridized carbons (Fsp3) is 0.235. The molecule has 1 aliphatic rings. The van der Waals surface area contributed by atoms with Crippen molar-refractivity contribution in [1.82, 2.24) is 4.31 Å². The summed E-state index contributed by atoms with van der Waals surface area (Å²) in [5, 5.41) is -0.155. The van der Waals surface area contributed by atoms with Gasteiger partial charge in [-0.05, 0) is 49.2 Å². The van der Waals surface area contributed by atoms with Crippen LogP contribution in [0, 0.1) is 5.82 Å². The second kappa shape index (κ2) is 7.11. The molecule has 0 saturated carbocycles. The standard InChI is InChI=1S/C17H15ClFNO4S/c18-15-11-13(5-8-16(15)19)24-17(21)12-3-6-14(7-4-12)25(22,23)20-9-1-2-10-20/h3-8,11H,1-2,9-10H2. The third-order valence-electron chi connectivity index (χ3n) is 3.89. The molecule has 2 aromatic carbocycles. The third-order valence-corrected chi connectivity index (χ3v) is 6.10. The first-order valence-corrected chi connectivity index (χ1v) is 9.47. The van der Waals surface area contributed by atoms with Gasteiger partial charge in [-0.3, -0.25) is 0 Å². The average molecular weight is 384 g/mol. The first kappa shape index (κ1) is 17.8. The zero-order valence-electron chi connectivity index (χ0n) is 13.1. The molecule has 0 amide bonds. The van der Waals surface area contributed by atoms with Crippen molar-refractivity contribution in [2.24, 2.45) is 0 Å². The fourth-order valence-electron chi connectivity index (χ4n) is 2.55. The quantitative estimate of drug-likeness (QED) is 0.599. The molecule has 1 fully saturated rings. The van der Waals surface area contributed by atoms with Gasteiger partial charge >= 0.3 is 5.97 Å². The summed E-state index contributed by atoms with van der Waals surface area (Å²) in [4.78, 5) is 12.2. The minimum Gasteiger partial charge on any atom is -0.423 e. The zero-order chi connectivity index (χ0) is 18.0. The van der Waals surface area contributed by atoms with Crippen LogP contribution in [0.4, 0.5) is 4.39 Å². The molecule has 0 aliphatic carbocycles. The van der Waals surface area contributed by atoms with E-state index in [-0.39, 0.29) is 21.2 Å². The Morgan fingerprint density at radius 2 is 1.72 bits per heavy atom. The van der Waals surface area contributed by atoms with E-state index in [2.05, 4.69) is 0 Å². The van der Waals surface area contributed by atoms with Gasteiger partial charge in [0.05, 0.1) is 15.5 Å². The monoisotopic (exact) mass is 383 g/mol. The van der Waals surface area contributed by atoms with Crippen LogP contribution in [0.25, 0.3) is 0 Å². The zero-order valence-corrected chi connectivity index (χ0v) is 14.7. The lowest BCUT2D eigenvalue weighted by molar-refractivity contribution is 0.0734. The summed E-state index contributed by atoms with van der Waals surface area (Å²) in [6.07, 6.45) is 1.70. The van der Waals surface area contributed by atoms with Gasteiger partial charge in [0, 0.05) is 19.2 Å². The second-order valence-electron chi connectivity index (χ2n) is 5.60. The van der Waals surface area contributed by atoms with Crippen LogP contribution in [-0.4, -0.2) is 31.8 Å². The van der Waals surface area contributed by atoms with Gasteiger partial charge in [-0.15, -0.1) is 0 Å². The third kappa shape index (κ3) is 3.84. The molecule has 2 aromatic rings. The predicted molar refractivity (Wildman–Crippen MR) is 90.8 cm³/mol. The normalized spacial score (nSPS) is 15.3. The molecule has 0 aromatic heterocycles. The number of halogens is 2.